The highest BCUT2D eigenvalue weighted by molar-refractivity contribution is 5.84. The third-order valence-electron chi connectivity index (χ3n) is 5.51. The number of hydrogen-bond acceptors (Lipinski definition) is 12. The summed E-state index contributed by atoms with van der Waals surface area (Å²) in [4.78, 5) is 11.9. The molecule has 12 nitrogen and oxygen atoms in total. The van der Waals surface area contributed by atoms with E-state index < -0.39 is 0 Å². The summed E-state index contributed by atoms with van der Waals surface area (Å²) in [5, 5.41) is 8.68. The lowest BCUT2D eigenvalue weighted by Gasteiger charge is -2.15. The monoisotopic (exact) mass is 576 g/mol. The van der Waals surface area contributed by atoms with Crippen LogP contribution in [0.3, 0.4) is 0 Å². The van der Waals surface area contributed by atoms with E-state index in [0.29, 0.717) is 139 Å². The van der Waals surface area contributed by atoms with Crippen molar-refractivity contribution in [2.75, 3.05) is 92.5 Å². The molecule has 0 radical (unpaired) electrons. The third kappa shape index (κ3) is 12.0. The highest BCUT2D eigenvalue weighted by Gasteiger charge is 2.14. The molecule has 1 aliphatic rings. The lowest BCUT2D eigenvalue weighted by Crippen LogP contribution is -2.13. The molecular formula is C29H40N2O10. The molecule has 41 heavy (non-hydrogen) atoms. The fourth-order valence-electron chi connectivity index (χ4n) is 3.55. The minimum absolute atomic E-state index is 0.298. The Morgan fingerprint density at radius 2 is 1.24 bits per heavy atom. The Hall–Kier alpha value is -3.29. The van der Waals surface area contributed by atoms with Crippen LogP contribution in [-0.2, 0) is 23.7 Å². The van der Waals surface area contributed by atoms with Gasteiger partial charge in [-0.05, 0) is 32.0 Å². The Kier molecular flexibility index (Phi) is 15.5. The Morgan fingerprint density at radius 1 is 0.683 bits per heavy atom. The van der Waals surface area contributed by atoms with E-state index in [4.69, 9.17) is 42.6 Å². The van der Waals surface area contributed by atoms with E-state index in [2.05, 4.69) is 10.2 Å². The van der Waals surface area contributed by atoms with Gasteiger partial charge >= 0.3 is 0 Å². The summed E-state index contributed by atoms with van der Waals surface area (Å²) in [5.74, 6) is 1.87. The molecule has 0 N–H and O–H groups in total. The molecule has 2 aromatic carbocycles. The van der Waals surface area contributed by atoms with E-state index in [9.17, 15) is 4.79 Å². The molecule has 0 atom stereocenters. The van der Waals surface area contributed by atoms with Gasteiger partial charge in [0.05, 0.1) is 58.5 Å². The van der Waals surface area contributed by atoms with Gasteiger partial charge in [0, 0.05) is 30.9 Å². The van der Waals surface area contributed by atoms with Crippen molar-refractivity contribution in [3.8, 4) is 23.0 Å². The van der Waals surface area contributed by atoms with E-state index in [1.54, 1.807) is 30.3 Å². The number of carbonyl (C=O) groups excluding carboxylic acids is 1. The lowest BCUT2D eigenvalue weighted by molar-refractivity contribution is 0.00708. The molecule has 0 saturated heterocycles. The van der Waals surface area contributed by atoms with Gasteiger partial charge < -0.3 is 42.6 Å². The van der Waals surface area contributed by atoms with Crippen LogP contribution >= 0.6 is 0 Å². The van der Waals surface area contributed by atoms with Crippen molar-refractivity contribution in [2.24, 2.45) is 10.2 Å². The Labute approximate surface area is 240 Å². The quantitative estimate of drug-likeness (QED) is 0.190. The maximum atomic E-state index is 11.9. The largest absolute Gasteiger partial charge is 0.487 e. The maximum absolute atomic E-state index is 11.9. The van der Waals surface area contributed by atoms with Crippen LogP contribution in [0.1, 0.15) is 24.2 Å². The number of aldehydes is 1. The molecule has 0 unspecified atom stereocenters. The zero-order valence-electron chi connectivity index (χ0n) is 23.8. The molecule has 0 aromatic heterocycles. The van der Waals surface area contributed by atoms with Gasteiger partial charge in [-0.25, -0.2) is 0 Å². The summed E-state index contributed by atoms with van der Waals surface area (Å²) in [6.07, 6.45) is 0.698. The molecule has 1 aliphatic heterocycles. The van der Waals surface area contributed by atoms with Crippen LogP contribution in [0.25, 0.3) is 0 Å². The van der Waals surface area contributed by atoms with Gasteiger partial charge in [-0.1, -0.05) is 0 Å². The summed E-state index contributed by atoms with van der Waals surface area (Å²) in [7, 11) is 0. The molecule has 0 fully saturated rings. The standard InChI is InChI=1S/C29H40N2O10/c1-3-33-11-15-39-27-19-23(22-32)25(21-29(27)41-16-12-34-4-2)31-30-24-5-6-26-28(20-24)40-18-14-37-10-8-35-7-9-36-13-17-38-26/h5-6,19-22H,3-4,7-18H2,1-2H3. The molecule has 0 amide bonds. The van der Waals surface area contributed by atoms with Gasteiger partial charge in [0.1, 0.15) is 32.1 Å². The number of fused-ring (bicyclic) bond motifs is 1. The predicted octanol–water partition coefficient (Wildman–Crippen LogP) is 4.57. The van der Waals surface area contributed by atoms with Gasteiger partial charge in [0.2, 0.25) is 0 Å². The number of azo groups is 1. The maximum Gasteiger partial charge on any atom is 0.163 e. The molecule has 1 heterocycles. The van der Waals surface area contributed by atoms with Crippen molar-refractivity contribution in [2.45, 2.75) is 13.8 Å². The Balaban J connectivity index is 1.78. The van der Waals surface area contributed by atoms with E-state index >= 15 is 0 Å². The number of rotatable bonds is 13. The molecule has 0 bridgehead atoms. The average molecular weight is 577 g/mol. The lowest BCUT2D eigenvalue weighted by atomic mass is 10.1. The van der Waals surface area contributed by atoms with E-state index in [0.717, 1.165) is 0 Å². The first-order valence-electron chi connectivity index (χ1n) is 13.8. The van der Waals surface area contributed by atoms with Crippen molar-refractivity contribution in [3.63, 3.8) is 0 Å². The van der Waals surface area contributed by atoms with E-state index in [1.165, 1.54) is 0 Å². The van der Waals surface area contributed by atoms with Crippen LogP contribution in [0.4, 0.5) is 11.4 Å². The van der Waals surface area contributed by atoms with Crippen molar-refractivity contribution < 1.29 is 47.4 Å². The third-order valence-corrected chi connectivity index (χ3v) is 5.51. The van der Waals surface area contributed by atoms with Gasteiger partial charge in [-0.3, -0.25) is 4.79 Å². The van der Waals surface area contributed by atoms with E-state index in [-0.39, 0.29) is 0 Å². The Bertz CT molecular complexity index is 1070. The SMILES string of the molecule is CCOCCOc1cc(C=O)c(N=Nc2ccc3c(c2)OCCOCCOCCOCCO3)cc1OCCOCC. The zero-order valence-corrected chi connectivity index (χ0v) is 23.8. The minimum Gasteiger partial charge on any atom is -0.487 e. The Morgan fingerprint density at radius 3 is 1.83 bits per heavy atom. The molecule has 0 spiro atoms. The number of benzene rings is 2. The topological polar surface area (TPSA) is 125 Å². The summed E-state index contributed by atoms with van der Waals surface area (Å²) >= 11 is 0. The fourth-order valence-corrected chi connectivity index (χ4v) is 3.55. The van der Waals surface area contributed by atoms with Crippen molar-refractivity contribution in [1.29, 1.82) is 0 Å². The first-order chi connectivity index (χ1) is 20.2. The van der Waals surface area contributed by atoms with E-state index in [1.807, 2.05) is 13.8 Å². The van der Waals surface area contributed by atoms with Crippen molar-refractivity contribution in [1.82, 2.24) is 0 Å². The molecule has 12 heteroatoms. The molecule has 0 saturated carbocycles. The van der Waals surface area contributed by atoms with Crippen molar-refractivity contribution in [3.05, 3.63) is 35.9 Å². The minimum atomic E-state index is 0.298. The predicted molar refractivity (Wildman–Crippen MR) is 150 cm³/mol. The zero-order chi connectivity index (χ0) is 29.0. The second kappa shape index (κ2) is 19.7. The normalized spacial score (nSPS) is 15.2. The number of carbonyl (C=O) groups is 1. The van der Waals surface area contributed by atoms with Crippen LogP contribution in [0.5, 0.6) is 23.0 Å². The second-order valence-electron chi connectivity index (χ2n) is 8.43. The summed E-state index contributed by atoms with van der Waals surface area (Å²) in [5.41, 5.74) is 1.13. The van der Waals surface area contributed by atoms with Crippen LogP contribution in [-0.4, -0.2) is 98.8 Å². The molecule has 226 valence electrons. The fraction of sp³-hybridized carbons (Fsp3) is 0.552. The van der Waals surface area contributed by atoms with Crippen molar-refractivity contribution >= 4 is 17.7 Å². The smallest absolute Gasteiger partial charge is 0.163 e. The van der Waals surface area contributed by atoms with Gasteiger partial charge in [0.25, 0.3) is 0 Å². The summed E-state index contributed by atoms with van der Waals surface area (Å²) in [6, 6.07) is 8.42. The molecule has 0 aliphatic carbocycles. The number of ether oxygens (including phenoxy) is 9. The average Bonchev–Trinajstić information content (AvgIpc) is 3.00. The van der Waals surface area contributed by atoms with Gasteiger partial charge in [-0.15, -0.1) is 5.11 Å². The number of nitrogens with zero attached hydrogens (tertiary/aromatic N) is 2. The van der Waals surface area contributed by atoms with Gasteiger partial charge in [-0.2, -0.15) is 5.11 Å². The molecular weight excluding hydrogens is 536 g/mol. The van der Waals surface area contributed by atoms with Crippen LogP contribution in [0.15, 0.2) is 40.6 Å². The second-order valence-corrected chi connectivity index (χ2v) is 8.43. The molecule has 2 aromatic rings. The number of hydrogen-bond donors (Lipinski definition) is 0. The van der Waals surface area contributed by atoms with Crippen LogP contribution in [0.2, 0.25) is 0 Å². The highest BCUT2D eigenvalue weighted by atomic mass is 16.6. The van der Waals surface area contributed by atoms with Crippen LogP contribution in [0, 0.1) is 0 Å². The molecule has 3 rings (SSSR count). The summed E-state index contributed by atoms with van der Waals surface area (Å²) in [6.45, 7) is 9.80. The first-order valence-corrected chi connectivity index (χ1v) is 13.8. The first kappa shape index (κ1) is 32.2. The summed E-state index contributed by atoms with van der Waals surface area (Å²) < 4.78 is 50.7. The van der Waals surface area contributed by atoms with Gasteiger partial charge in [0.15, 0.2) is 29.3 Å². The van der Waals surface area contributed by atoms with Crippen LogP contribution < -0.4 is 18.9 Å². The highest BCUT2D eigenvalue weighted by Crippen LogP contribution is 2.37.